The minimum atomic E-state index is 0.876. The quantitative estimate of drug-likeness (QED) is 0.520. The zero-order chi connectivity index (χ0) is 13.4. The van der Waals surface area contributed by atoms with Crippen molar-refractivity contribution in [1.82, 2.24) is 15.0 Å². The lowest BCUT2D eigenvalue weighted by Crippen LogP contribution is -1.91. The molecule has 2 heterocycles. The van der Waals surface area contributed by atoms with E-state index in [0.717, 1.165) is 33.2 Å². The molecule has 2 aromatic heterocycles. The van der Waals surface area contributed by atoms with Gasteiger partial charge in [-0.3, -0.25) is 0 Å². The molecular formula is C17H11N3. The highest BCUT2D eigenvalue weighted by atomic mass is 14.9. The molecule has 20 heavy (non-hydrogen) atoms. The van der Waals surface area contributed by atoms with Gasteiger partial charge in [-0.25, -0.2) is 15.0 Å². The summed E-state index contributed by atoms with van der Waals surface area (Å²) >= 11 is 0. The summed E-state index contributed by atoms with van der Waals surface area (Å²) < 4.78 is 0. The number of hydrogen-bond donors (Lipinski definition) is 0. The highest BCUT2D eigenvalue weighted by Gasteiger charge is 2.07. The van der Waals surface area contributed by atoms with Gasteiger partial charge in [-0.15, -0.1) is 0 Å². The van der Waals surface area contributed by atoms with Gasteiger partial charge in [0.25, 0.3) is 0 Å². The Kier molecular flexibility index (Phi) is 2.42. The van der Waals surface area contributed by atoms with Crippen LogP contribution in [0.3, 0.4) is 0 Å². The monoisotopic (exact) mass is 257 g/mol. The van der Waals surface area contributed by atoms with Crippen LogP contribution in [-0.4, -0.2) is 15.0 Å². The number of benzene rings is 2. The Bertz CT molecular complexity index is 910. The number of rotatable bonds is 1. The summed E-state index contributed by atoms with van der Waals surface area (Å²) in [5.41, 5.74) is 3.67. The predicted octanol–water partition coefficient (Wildman–Crippen LogP) is 3.85. The van der Waals surface area contributed by atoms with Gasteiger partial charge in [-0.05, 0) is 18.2 Å². The van der Waals surface area contributed by atoms with Crippen molar-refractivity contribution in [3.8, 4) is 11.4 Å². The molecule has 3 nitrogen and oxygen atoms in total. The van der Waals surface area contributed by atoms with E-state index in [-0.39, 0.29) is 0 Å². The third-order valence-electron chi connectivity index (χ3n) is 3.38. The second kappa shape index (κ2) is 4.38. The van der Waals surface area contributed by atoms with E-state index in [9.17, 15) is 0 Å². The number of pyridine rings is 1. The van der Waals surface area contributed by atoms with Crippen LogP contribution in [0.5, 0.6) is 0 Å². The van der Waals surface area contributed by atoms with Gasteiger partial charge < -0.3 is 0 Å². The van der Waals surface area contributed by atoms with E-state index in [0.29, 0.717) is 0 Å². The molecule has 0 spiro atoms. The van der Waals surface area contributed by atoms with Gasteiger partial charge in [0, 0.05) is 10.8 Å². The van der Waals surface area contributed by atoms with Crippen molar-refractivity contribution in [1.29, 1.82) is 0 Å². The lowest BCUT2D eigenvalue weighted by Gasteiger charge is -2.05. The first kappa shape index (κ1) is 11.1. The minimum absolute atomic E-state index is 0.876. The average Bonchev–Trinajstić information content (AvgIpc) is 2.54. The molecule has 4 rings (SSSR count). The van der Waals surface area contributed by atoms with E-state index in [1.807, 2.05) is 48.5 Å². The van der Waals surface area contributed by atoms with Gasteiger partial charge in [-0.2, -0.15) is 0 Å². The van der Waals surface area contributed by atoms with Crippen molar-refractivity contribution in [3.63, 3.8) is 0 Å². The Morgan fingerprint density at radius 2 is 1.45 bits per heavy atom. The van der Waals surface area contributed by atoms with Crippen LogP contribution in [0.1, 0.15) is 0 Å². The highest BCUT2D eigenvalue weighted by molar-refractivity contribution is 5.92. The van der Waals surface area contributed by atoms with Crippen molar-refractivity contribution >= 4 is 21.8 Å². The molecule has 0 bridgehead atoms. The Hall–Kier alpha value is -2.81. The molecule has 0 N–H and O–H groups in total. The summed E-state index contributed by atoms with van der Waals surface area (Å²) in [5, 5.41) is 2.16. The van der Waals surface area contributed by atoms with Gasteiger partial charge in [0.2, 0.25) is 0 Å². The molecule has 0 saturated carbocycles. The van der Waals surface area contributed by atoms with E-state index in [2.05, 4.69) is 22.1 Å². The lowest BCUT2D eigenvalue weighted by atomic mass is 10.1. The summed E-state index contributed by atoms with van der Waals surface area (Å²) in [6.45, 7) is 0. The fourth-order valence-electron chi connectivity index (χ4n) is 2.41. The van der Waals surface area contributed by atoms with Gasteiger partial charge in [0.05, 0.1) is 22.4 Å². The SMILES string of the molecule is c1ccc2nc(-c3ncnc4ccccc34)ccc2c1. The number of para-hydroxylation sites is 2. The van der Waals surface area contributed by atoms with Gasteiger partial charge in [-0.1, -0.05) is 42.5 Å². The number of fused-ring (bicyclic) bond motifs is 2. The topological polar surface area (TPSA) is 38.7 Å². The van der Waals surface area contributed by atoms with Crippen molar-refractivity contribution in [3.05, 3.63) is 67.0 Å². The fourth-order valence-corrected chi connectivity index (χ4v) is 2.41. The molecule has 3 heteroatoms. The molecule has 0 aliphatic heterocycles. The summed E-state index contributed by atoms with van der Waals surface area (Å²) in [4.78, 5) is 13.4. The Morgan fingerprint density at radius 1 is 0.650 bits per heavy atom. The zero-order valence-corrected chi connectivity index (χ0v) is 10.7. The second-order valence-corrected chi connectivity index (χ2v) is 4.63. The first-order valence-electron chi connectivity index (χ1n) is 6.48. The maximum atomic E-state index is 4.71. The number of hydrogen-bond acceptors (Lipinski definition) is 3. The summed E-state index contributed by atoms with van der Waals surface area (Å²) in [6, 6.07) is 20.2. The smallest absolute Gasteiger partial charge is 0.116 e. The molecule has 4 aromatic rings. The van der Waals surface area contributed by atoms with Gasteiger partial charge >= 0.3 is 0 Å². The lowest BCUT2D eigenvalue weighted by molar-refractivity contribution is 1.21. The molecule has 0 atom stereocenters. The minimum Gasteiger partial charge on any atom is -0.246 e. The van der Waals surface area contributed by atoms with Crippen LogP contribution < -0.4 is 0 Å². The summed E-state index contributed by atoms with van der Waals surface area (Å²) in [7, 11) is 0. The summed E-state index contributed by atoms with van der Waals surface area (Å²) in [6.07, 6.45) is 1.59. The second-order valence-electron chi connectivity index (χ2n) is 4.63. The van der Waals surface area contributed by atoms with Gasteiger partial charge in [0.15, 0.2) is 0 Å². The van der Waals surface area contributed by atoms with Crippen LogP contribution in [0.15, 0.2) is 67.0 Å². The first-order valence-corrected chi connectivity index (χ1v) is 6.48. The Labute approximate surface area is 116 Å². The molecule has 0 aliphatic rings. The maximum absolute atomic E-state index is 4.71. The normalized spacial score (nSPS) is 11.0. The molecule has 0 fully saturated rings. The molecule has 0 saturated heterocycles. The standard InChI is InChI=1S/C17H11N3/c1-3-7-14-12(5-1)9-10-16(20-14)17-13-6-2-4-8-15(13)18-11-19-17/h1-11H. The third-order valence-corrected chi connectivity index (χ3v) is 3.38. The molecule has 0 unspecified atom stereocenters. The molecule has 0 radical (unpaired) electrons. The van der Waals surface area contributed by atoms with Crippen molar-refractivity contribution < 1.29 is 0 Å². The van der Waals surface area contributed by atoms with Crippen LogP contribution in [0.4, 0.5) is 0 Å². The molecule has 94 valence electrons. The molecule has 2 aromatic carbocycles. The van der Waals surface area contributed by atoms with E-state index in [1.54, 1.807) is 6.33 Å². The first-order chi connectivity index (χ1) is 9.92. The Morgan fingerprint density at radius 3 is 2.40 bits per heavy atom. The van der Waals surface area contributed by atoms with Crippen LogP contribution in [0, 0.1) is 0 Å². The van der Waals surface area contributed by atoms with Gasteiger partial charge in [0.1, 0.15) is 6.33 Å². The van der Waals surface area contributed by atoms with Crippen LogP contribution in [0.2, 0.25) is 0 Å². The average molecular weight is 257 g/mol. The number of aromatic nitrogens is 3. The third kappa shape index (κ3) is 1.72. The van der Waals surface area contributed by atoms with Crippen molar-refractivity contribution in [2.24, 2.45) is 0 Å². The van der Waals surface area contributed by atoms with Crippen molar-refractivity contribution in [2.45, 2.75) is 0 Å². The van der Waals surface area contributed by atoms with Crippen molar-refractivity contribution in [2.75, 3.05) is 0 Å². The number of nitrogens with zero attached hydrogens (tertiary/aromatic N) is 3. The fraction of sp³-hybridized carbons (Fsp3) is 0. The van der Waals surface area contributed by atoms with E-state index < -0.39 is 0 Å². The predicted molar refractivity (Wildman–Crippen MR) is 80.3 cm³/mol. The zero-order valence-electron chi connectivity index (χ0n) is 10.7. The van der Waals surface area contributed by atoms with E-state index in [4.69, 9.17) is 4.98 Å². The molecule has 0 aliphatic carbocycles. The largest absolute Gasteiger partial charge is 0.246 e. The maximum Gasteiger partial charge on any atom is 0.116 e. The highest BCUT2D eigenvalue weighted by Crippen LogP contribution is 2.25. The van der Waals surface area contributed by atoms with E-state index in [1.165, 1.54) is 0 Å². The molecule has 0 amide bonds. The van der Waals surface area contributed by atoms with Crippen LogP contribution in [0.25, 0.3) is 33.2 Å². The molecular weight excluding hydrogens is 246 g/mol. The van der Waals surface area contributed by atoms with Crippen LogP contribution in [-0.2, 0) is 0 Å². The van der Waals surface area contributed by atoms with E-state index >= 15 is 0 Å². The van der Waals surface area contributed by atoms with Crippen LogP contribution >= 0.6 is 0 Å². The summed E-state index contributed by atoms with van der Waals surface area (Å²) in [5.74, 6) is 0. The Balaban J connectivity index is 2.01.